The molecule has 4 nitrogen and oxygen atoms in total. The first-order chi connectivity index (χ1) is 8.27. The largest absolute Gasteiger partial charge is 0.396 e. The van der Waals surface area contributed by atoms with Crippen molar-refractivity contribution in [1.82, 2.24) is 4.72 Å². The van der Waals surface area contributed by atoms with Crippen molar-refractivity contribution in [2.75, 3.05) is 13.2 Å². The van der Waals surface area contributed by atoms with Gasteiger partial charge in [-0.25, -0.2) is 13.1 Å². The fourth-order valence-electron chi connectivity index (χ4n) is 1.38. The highest BCUT2D eigenvalue weighted by atomic mass is 35.5. The maximum atomic E-state index is 12.0. The van der Waals surface area contributed by atoms with Gasteiger partial charge in [-0.2, -0.15) is 0 Å². The van der Waals surface area contributed by atoms with Crippen molar-refractivity contribution in [1.29, 1.82) is 0 Å². The van der Waals surface area contributed by atoms with Gasteiger partial charge in [-0.1, -0.05) is 25.4 Å². The van der Waals surface area contributed by atoms with Crippen molar-refractivity contribution in [3.8, 4) is 0 Å². The van der Waals surface area contributed by atoms with Gasteiger partial charge in [0.15, 0.2) is 0 Å². The summed E-state index contributed by atoms with van der Waals surface area (Å²) in [5.74, 6) is 0. The number of benzene rings is 1. The van der Waals surface area contributed by atoms with Crippen molar-refractivity contribution < 1.29 is 13.5 Å². The van der Waals surface area contributed by atoms with Crippen LogP contribution in [0.25, 0.3) is 0 Å². The Morgan fingerprint density at radius 3 is 2.33 bits per heavy atom. The van der Waals surface area contributed by atoms with Gasteiger partial charge in [-0.15, -0.1) is 0 Å². The van der Waals surface area contributed by atoms with E-state index in [1.807, 2.05) is 13.8 Å². The molecule has 1 aromatic carbocycles. The number of halogens is 1. The molecule has 0 saturated carbocycles. The van der Waals surface area contributed by atoms with Crippen LogP contribution >= 0.6 is 11.6 Å². The van der Waals surface area contributed by atoms with Crippen LogP contribution in [-0.4, -0.2) is 26.7 Å². The minimum absolute atomic E-state index is 0.0374. The number of sulfonamides is 1. The molecule has 0 atom stereocenters. The third-order valence-corrected chi connectivity index (χ3v) is 4.32. The van der Waals surface area contributed by atoms with E-state index in [0.717, 1.165) is 0 Å². The molecule has 102 valence electrons. The number of rotatable bonds is 6. The molecule has 1 aromatic rings. The third-order valence-electron chi connectivity index (χ3n) is 2.65. The molecule has 0 fully saturated rings. The number of hydrogen-bond acceptors (Lipinski definition) is 3. The first-order valence-electron chi connectivity index (χ1n) is 5.63. The van der Waals surface area contributed by atoms with Crippen LogP contribution in [0.3, 0.4) is 0 Å². The van der Waals surface area contributed by atoms with E-state index in [9.17, 15) is 8.42 Å². The van der Waals surface area contributed by atoms with E-state index in [1.54, 1.807) is 0 Å². The van der Waals surface area contributed by atoms with Crippen LogP contribution in [0.4, 0.5) is 0 Å². The second-order valence-corrected chi connectivity index (χ2v) is 7.12. The highest BCUT2D eigenvalue weighted by molar-refractivity contribution is 7.89. The van der Waals surface area contributed by atoms with E-state index >= 15 is 0 Å². The molecule has 0 heterocycles. The second kappa shape index (κ2) is 6.02. The predicted molar refractivity (Wildman–Crippen MR) is 72.1 cm³/mol. The molecule has 6 heteroatoms. The van der Waals surface area contributed by atoms with Gasteiger partial charge in [0.25, 0.3) is 0 Å². The van der Waals surface area contributed by atoms with E-state index in [1.165, 1.54) is 24.3 Å². The van der Waals surface area contributed by atoms with Crippen molar-refractivity contribution in [3.63, 3.8) is 0 Å². The van der Waals surface area contributed by atoms with E-state index < -0.39 is 10.0 Å². The summed E-state index contributed by atoms with van der Waals surface area (Å²) in [5.41, 5.74) is -0.283. The lowest BCUT2D eigenvalue weighted by Crippen LogP contribution is -2.34. The molecule has 0 aliphatic carbocycles. The zero-order valence-electron chi connectivity index (χ0n) is 10.5. The monoisotopic (exact) mass is 291 g/mol. The second-order valence-electron chi connectivity index (χ2n) is 4.92. The quantitative estimate of drug-likeness (QED) is 0.843. The molecule has 0 saturated heterocycles. The molecule has 18 heavy (non-hydrogen) atoms. The Morgan fingerprint density at radius 1 is 1.28 bits per heavy atom. The lowest BCUT2D eigenvalue weighted by Gasteiger charge is -2.23. The average Bonchev–Trinajstić information content (AvgIpc) is 2.27. The number of aliphatic hydroxyl groups excluding tert-OH is 1. The van der Waals surface area contributed by atoms with Crippen LogP contribution < -0.4 is 4.72 Å². The van der Waals surface area contributed by atoms with E-state index in [0.29, 0.717) is 11.4 Å². The average molecular weight is 292 g/mol. The normalized spacial score (nSPS) is 12.7. The molecule has 0 spiro atoms. The van der Waals surface area contributed by atoms with Crippen molar-refractivity contribution in [2.24, 2.45) is 5.41 Å². The van der Waals surface area contributed by atoms with E-state index in [2.05, 4.69) is 4.72 Å². The Hall–Kier alpha value is -0.620. The van der Waals surface area contributed by atoms with Gasteiger partial charge in [0, 0.05) is 18.2 Å². The summed E-state index contributed by atoms with van der Waals surface area (Å²) in [5, 5.41) is 9.38. The highest BCUT2D eigenvalue weighted by Gasteiger charge is 2.21. The van der Waals surface area contributed by atoms with Crippen LogP contribution in [-0.2, 0) is 10.0 Å². The van der Waals surface area contributed by atoms with Crippen LogP contribution in [0.2, 0.25) is 5.02 Å². The summed E-state index contributed by atoms with van der Waals surface area (Å²) in [4.78, 5) is 0.187. The van der Waals surface area contributed by atoms with Gasteiger partial charge in [0.2, 0.25) is 10.0 Å². The SMILES string of the molecule is CC(C)(CCO)CNS(=O)(=O)c1ccc(Cl)cc1. The van der Waals surface area contributed by atoms with Gasteiger partial charge in [0.05, 0.1) is 4.90 Å². The molecule has 0 amide bonds. The molecule has 0 aliphatic rings. The topological polar surface area (TPSA) is 66.4 Å². The molecular formula is C12H18ClNO3S. The van der Waals surface area contributed by atoms with Crippen LogP contribution in [0.15, 0.2) is 29.2 Å². The first-order valence-corrected chi connectivity index (χ1v) is 7.49. The van der Waals surface area contributed by atoms with Crippen molar-refractivity contribution in [3.05, 3.63) is 29.3 Å². The molecule has 0 unspecified atom stereocenters. The first kappa shape index (κ1) is 15.4. The number of aliphatic hydroxyl groups is 1. The van der Waals surface area contributed by atoms with Gasteiger partial charge in [-0.05, 0) is 36.1 Å². The molecule has 0 aromatic heterocycles. The Labute approximate surface area is 113 Å². The number of hydrogen-bond donors (Lipinski definition) is 2. The summed E-state index contributed by atoms with van der Waals surface area (Å²) in [6.07, 6.45) is 0.538. The maximum absolute atomic E-state index is 12.0. The highest BCUT2D eigenvalue weighted by Crippen LogP contribution is 2.20. The molecule has 0 aliphatic heterocycles. The van der Waals surface area contributed by atoms with E-state index in [4.69, 9.17) is 16.7 Å². The Bertz CT molecular complexity index is 483. The Kier molecular flexibility index (Phi) is 5.16. The minimum atomic E-state index is -3.52. The third kappa shape index (κ3) is 4.57. The summed E-state index contributed by atoms with van der Waals surface area (Å²) in [6.45, 7) is 4.11. The molecule has 0 bridgehead atoms. The van der Waals surface area contributed by atoms with Crippen molar-refractivity contribution >= 4 is 21.6 Å². The summed E-state index contributed by atoms with van der Waals surface area (Å²) < 4.78 is 26.5. The summed E-state index contributed by atoms with van der Waals surface area (Å²) in [6, 6.07) is 6.00. The summed E-state index contributed by atoms with van der Waals surface area (Å²) in [7, 11) is -3.52. The fraction of sp³-hybridized carbons (Fsp3) is 0.500. The standard InChI is InChI=1S/C12H18ClNO3S/c1-12(2,7-8-15)9-14-18(16,17)11-5-3-10(13)4-6-11/h3-6,14-15H,7-9H2,1-2H3. The summed E-state index contributed by atoms with van der Waals surface area (Å²) >= 11 is 5.71. The lowest BCUT2D eigenvalue weighted by molar-refractivity contribution is 0.213. The van der Waals surface area contributed by atoms with Crippen molar-refractivity contribution in [2.45, 2.75) is 25.2 Å². The minimum Gasteiger partial charge on any atom is -0.396 e. The maximum Gasteiger partial charge on any atom is 0.240 e. The Balaban J connectivity index is 2.74. The smallest absolute Gasteiger partial charge is 0.240 e. The zero-order valence-corrected chi connectivity index (χ0v) is 12.1. The van der Waals surface area contributed by atoms with Crippen LogP contribution in [0.5, 0.6) is 0 Å². The molecule has 2 N–H and O–H groups in total. The predicted octanol–water partition coefficient (Wildman–Crippen LogP) is 2.03. The lowest BCUT2D eigenvalue weighted by atomic mass is 9.90. The van der Waals surface area contributed by atoms with Crippen LogP contribution in [0, 0.1) is 5.41 Å². The van der Waals surface area contributed by atoms with E-state index in [-0.39, 0.29) is 23.5 Å². The molecule has 1 rings (SSSR count). The number of nitrogens with one attached hydrogen (secondary N) is 1. The molecule has 0 radical (unpaired) electrons. The van der Waals surface area contributed by atoms with Gasteiger partial charge in [-0.3, -0.25) is 0 Å². The van der Waals surface area contributed by atoms with Gasteiger partial charge < -0.3 is 5.11 Å². The van der Waals surface area contributed by atoms with Crippen LogP contribution in [0.1, 0.15) is 20.3 Å². The van der Waals surface area contributed by atoms with Gasteiger partial charge >= 0.3 is 0 Å². The molecular weight excluding hydrogens is 274 g/mol. The Morgan fingerprint density at radius 2 is 1.83 bits per heavy atom. The fourth-order valence-corrected chi connectivity index (χ4v) is 2.75. The van der Waals surface area contributed by atoms with Gasteiger partial charge in [0.1, 0.15) is 0 Å². The zero-order chi connectivity index (χ0) is 13.8.